The molecule has 3 amide bonds. The van der Waals surface area contributed by atoms with Crippen LogP contribution in [0.2, 0.25) is 0 Å². The van der Waals surface area contributed by atoms with Gasteiger partial charge in [0.25, 0.3) is 0 Å². The van der Waals surface area contributed by atoms with Gasteiger partial charge in [-0.2, -0.15) is 13.2 Å². The number of piperazine rings is 1. The van der Waals surface area contributed by atoms with E-state index in [9.17, 15) is 27.6 Å². The molecule has 0 radical (unpaired) electrons. The molecule has 2 aliphatic heterocycles. The molecule has 6 nitrogen and oxygen atoms in total. The van der Waals surface area contributed by atoms with Gasteiger partial charge in [0.15, 0.2) is 0 Å². The van der Waals surface area contributed by atoms with Crippen molar-refractivity contribution in [3.63, 3.8) is 0 Å². The largest absolute Gasteiger partial charge is 0.416 e. The minimum Gasteiger partial charge on any atom is -0.333 e. The normalized spacial score (nSPS) is 23.7. The first-order valence-corrected chi connectivity index (χ1v) is 11.6. The summed E-state index contributed by atoms with van der Waals surface area (Å²) in [6.45, 7) is 3.34. The van der Waals surface area contributed by atoms with E-state index >= 15 is 0 Å². The molecule has 2 aromatic carbocycles. The van der Waals surface area contributed by atoms with E-state index in [1.165, 1.54) is 12.1 Å². The lowest BCUT2D eigenvalue weighted by molar-refractivity contribution is -0.144. The standard InChI is InChI=1S/C26H28F3N3O3/c1-3-31-22(33)15-25(24(31)35,19-10-7-11-20(14-19)26(27,28)29)16-23(34)32-13-12-30(2)17-21(32)18-8-5-4-6-9-18/h4-11,14,21H,3,12-13,15-17H2,1-2H3/t21-,25?/m1/s1. The first kappa shape index (κ1) is 24.9. The maximum absolute atomic E-state index is 13.8. The molecule has 0 spiro atoms. The maximum atomic E-state index is 13.8. The van der Waals surface area contributed by atoms with Gasteiger partial charge in [0.1, 0.15) is 0 Å². The molecule has 9 heteroatoms. The zero-order valence-corrected chi connectivity index (χ0v) is 19.7. The van der Waals surface area contributed by atoms with Crippen molar-refractivity contribution in [3.8, 4) is 0 Å². The fourth-order valence-electron chi connectivity index (χ4n) is 5.12. The van der Waals surface area contributed by atoms with Gasteiger partial charge in [0.2, 0.25) is 17.7 Å². The first-order valence-electron chi connectivity index (χ1n) is 11.6. The van der Waals surface area contributed by atoms with E-state index in [0.717, 1.165) is 22.6 Å². The molecule has 2 aliphatic rings. The molecule has 0 aromatic heterocycles. The van der Waals surface area contributed by atoms with Crippen LogP contribution in [0.4, 0.5) is 13.2 Å². The number of carbonyl (C=O) groups excluding carboxylic acids is 3. The first-order chi connectivity index (χ1) is 16.6. The van der Waals surface area contributed by atoms with Gasteiger partial charge in [-0.25, -0.2) is 0 Å². The number of likely N-dealkylation sites (tertiary alicyclic amines) is 1. The van der Waals surface area contributed by atoms with Gasteiger partial charge >= 0.3 is 6.18 Å². The van der Waals surface area contributed by atoms with E-state index in [1.54, 1.807) is 11.8 Å². The van der Waals surface area contributed by atoms with Crippen molar-refractivity contribution in [1.82, 2.24) is 14.7 Å². The number of nitrogens with zero attached hydrogens (tertiary/aromatic N) is 3. The van der Waals surface area contributed by atoms with Crippen molar-refractivity contribution in [2.75, 3.05) is 33.2 Å². The van der Waals surface area contributed by atoms with E-state index in [1.807, 2.05) is 37.4 Å². The van der Waals surface area contributed by atoms with Crippen LogP contribution in [-0.2, 0) is 26.0 Å². The van der Waals surface area contributed by atoms with Crippen LogP contribution in [0.15, 0.2) is 54.6 Å². The van der Waals surface area contributed by atoms with E-state index in [-0.39, 0.29) is 36.9 Å². The molecule has 2 atom stereocenters. The Morgan fingerprint density at radius 2 is 1.77 bits per heavy atom. The average molecular weight is 488 g/mol. The van der Waals surface area contributed by atoms with Crippen molar-refractivity contribution >= 4 is 17.7 Å². The molecular formula is C26H28F3N3O3. The summed E-state index contributed by atoms with van der Waals surface area (Å²) in [7, 11) is 1.96. The number of amides is 3. The van der Waals surface area contributed by atoms with Crippen LogP contribution in [0.25, 0.3) is 0 Å². The van der Waals surface area contributed by atoms with Gasteiger partial charge in [-0.15, -0.1) is 0 Å². The number of halogens is 3. The third-order valence-electron chi connectivity index (χ3n) is 7.01. The van der Waals surface area contributed by atoms with E-state index in [2.05, 4.69) is 4.90 Å². The highest BCUT2D eigenvalue weighted by Crippen LogP contribution is 2.43. The minimum atomic E-state index is -4.62. The van der Waals surface area contributed by atoms with Crippen LogP contribution in [0.5, 0.6) is 0 Å². The molecule has 2 fully saturated rings. The fourth-order valence-corrected chi connectivity index (χ4v) is 5.12. The van der Waals surface area contributed by atoms with Crippen molar-refractivity contribution in [2.45, 2.75) is 37.4 Å². The van der Waals surface area contributed by atoms with Crippen LogP contribution in [0.1, 0.15) is 42.5 Å². The van der Waals surface area contributed by atoms with E-state index in [4.69, 9.17) is 0 Å². The number of benzene rings is 2. The lowest BCUT2D eigenvalue weighted by Crippen LogP contribution is -2.51. The van der Waals surface area contributed by atoms with Gasteiger partial charge in [-0.3, -0.25) is 19.3 Å². The highest BCUT2D eigenvalue weighted by atomic mass is 19.4. The Balaban J connectivity index is 1.74. The number of carbonyl (C=O) groups is 3. The predicted molar refractivity (Wildman–Crippen MR) is 123 cm³/mol. The summed E-state index contributed by atoms with van der Waals surface area (Å²) in [5.74, 6) is -1.47. The summed E-state index contributed by atoms with van der Waals surface area (Å²) in [5.41, 5.74) is -1.61. The van der Waals surface area contributed by atoms with Crippen molar-refractivity contribution in [1.29, 1.82) is 0 Å². The van der Waals surface area contributed by atoms with Gasteiger partial charge < -0.3 is 9.80 Å². The van der Waals surface area contributed by atoms with Crippen LogP contribution in [0.3, 0.4) is 0 Å². The summed E-state index contributed by atoms with van der Waals surface area (Å²) < 4.78 is 40.4. The molecule has 35 heavy (non-hydrogen) atoms. The fraction of sp³-hybridized carbons (Fsp3) is 0.423. The van der Waals surface area contributed by atoms with Crippen molar-refractivity contribution < 1.29 is 27.6 Å². The summed E-state index contributed by atoms with van der Waals surface area (Å²) in [6, 6.07) is 13.7. The number of hydrogen-bond acceptors (Lipinski definition) is 4. The molecule has 2 aromatic rings. The number of alkyl halides is 3. The highest BCUT2D eigenvalue weighted by Gasteiger charge is 2.54. The molecule has 0 saturated carbocycles. The third-order valence-corrected chi connectivity index (χ3v) is 7.01. The molecule has 4 rings (SSSR count). The van der Waals surface area contributed by atoms with Crippen LogP contribution < -0.4 is 0 Å². The van der Waals surface area contributed by atoms with E-state index in [0.29, 0.717) is 19.6 Å². The Morgan fingerprint density at radius 1 is 1.06 bits per heavy atom. The quantitative estimate of drug-likeness (QED) is 0.605. The Kier molecular flexibility index (Phi) is 6.73. The lowest BCUT2D eigenvalue weighted by atomic mass is 9.75. The van der Waals surface area contributed by atoms with Gasteiger partial charge in [-0.05, 0) is 31.2 Å². The number of imide groups is 1. The number of likely N-dealkylation sites (N-methyl/N-ethyl adjacent to an activating group) is 2. The zero-order chi connectivity index (χ0) is 25.4. The van der Waals surface area contributed by atoms with Gasteiger partial charge in [0, 0.05) is 39.0 Å². The maximum Gasteiger partial charge on any atom is 0.416 e. The molecule has 0 bridgehead atoms. The minimum absolute atomic E-state index is 0.0420. The SMILES string of the molecule is CCN1C(=O)CC(CC(=O)N2CCN(C)C[C@@H]2c2ccccc2)(c2cccc(C(F)(F)F)c2)C1=O. The lowest BCUT2D eigenvalue weighted by Gasteiger charge is -2.41. The molecule has 0 aliphatic carbocycles. The second-order valence-corrected chi connectivity index (χ2v) is 9.23. The highest BCUT2D eigenvalue weighted by molar-refractivity contribution is 6.10. The Morgan fingerprint density at radius 3 is 2.40 bits per heavy atom. The molecule has 2 heterocycles. The Hall–Kier alpha value is -3.20. The summed E-state index contributed by atoms with van der Waals surface area (Å²) in [5, 5.41) is 0. The number of rotatable bonds is 5. The second-order valence-electron chi connectivity index (χ2n) is 9.23. The summed E-state index contributed by atoms with van der Waals surface area (Å²) >= 11 is 0. The third kappa shape index (κ3) is 4.69. The monoisotopic (exact) mass is 487 g/mol. The summed E-state index contributed by atoms with van der Waals surface area (Å²) in [6.07, 6.45) is -5.33. The molecule has 0 N–H and O–H groups in total. The average Bonchev–Trinajstić information content (AvgIpc) is 3.08. The Bertz CT molecular complexity index is 1120. The van der Waals surface area contributed by atoms with Gasteiger partial charge in [-0.1, -0.05) is 48.5 Å². The van der Waals surface area contributed by atoms with Crippen molar-refractivity contribution in [2.24, 2.45) is 0 Å². The predicted octanol–water partition coefficient (Wildman–Crippen LogP) is 3.63. The van der Waals surface area contributed by atoms with Gasteiger partial charge in [0.05, 0.1) is 17.0 Å². The second kappa shape index (κ2) is 9.45. The topological polar surface area (TPSA) is 60.9 Å². The molecule has 186 valence electrons. The molecular weight excluding hydrogens is 459 g/mol. The summed E-state index contributed by atoms with van der Waals surface area (Å²) in [4.78, 5) is 44.8. The zero-order valence-electron chi connectivity index (χ0n) is 19.7. The molecule has 1 unspecified atom stereocenters. The van der Waals surface area contributed by atoms with Crippen molar-refractivity contribution in [3.05, 3.63) is 71.3 Å². The smallest absolute Gasteiger partial charge is 0.333 e. The van der Waals surface area contributed by atoms with Crippen LogP contribution in [0, 0.1) is 0 Å². The molecule has 2 saturated heterocycles. The van der Waals surface area contributed by atoms with Crippen LogP contribution in [-0.4, -0.2) is 65.6 Å². The number of hydrogen-bond donors (Lipinski definition) is 0. The Labute approximate surface area is 202 Å². The van der Waals surface area contributed by atoms with E-state index < -0.39 is 29.0 Å². The van der Waals surface area contributed by atoms with Crippen LogP contribution >= 0.6 is 0 Å².